The quantitative estimate of drug-likeness (QED) is 0.688. The van der Waals surface area contributed by atoms with Gasteiger partial charge in [-0.25, -0.2) is 4.98 Å². The summed E-state index contributed by atoms with van der Waals surface area (Å²) in [5, 5.41) is 9.77. The van der Waals surface area contributed by atoms with Crippen LogP contribution in [0.3, 0.4) is 0 Å². The molecule has 1 N–H and O–H groups in total. The van der Waals surface area contributed by atoms with Crippen LogP contribution in [0.25, 0.3) is 0 Å². The monoisotopic (exact) mass is 439 g/mol. The molecule has 32 heavy (non-hydrogen) atoms. The predicted molar refractivity (Wildman–Crippen MR) is 120 cm³/mol. The van der Waals surface area contributed by atoms with Gasteiger partial charge < -0.3 is 19.6 Å². The zero-order valence-electron chi connectivity index (χ0n) is 19.2. The van der Waals surface area contributed by atoms with Crippen LogP contribution in [-0.2, 0) is 4.79 Å². The first kappa shape index (κ1) is 22.6. The second kappa shape index (κ2) is 9.50. The van der Waals surface area contributed by atoms with Crippen LogP contribution in [0, 0.1) is 29.6 Å². The number of ether oxygens (including phenoxy) is 1. The number of pyridine rings is 1. The Hall–Kier alpha value is -2.59. The number of amides is 2. The van der Waals surface area contributed by atoms with E-state index < -0.39 is 0 Å². The molecule has 0 unspecified atom stereocenters. The number of hydrogen-bond acceptors (Lipinski definition) is 5. The van der Waals surface area contributed by atoms with E-state index in [1.165, 1.54) is 0 Å². The van der Waals surface area contributed by atoms with Gasteiger partial charge in [-0.2, -0.15) is 0 Å². The highest BCUT2D eigenvalue weighted by atomic mass is 16.5. The van der Waals surface area contributed by atoms with Crippen LogP contribution in [0.5, 0.6) is 5.88 Å². The molecule has 0 aromatic carbocycles. The number of fused-ring (bicyclic) bond motifs is 1. The highest BCUT2D eigenvalue weighted by Crippen LogP contribution is 2.33. The van der Waals surface area contributed by atoms with Crippen molar-refractivity contribution in [3.63, 3.8) is 0 Å². The Morgan fingerprint density at radius 2 is 2.12 bits per heavy atom. The molecule has 1 aromatic rings. The molecule has 7 heteroatoms. The minimum absolute atomic E-state index is 0.0478. The van der Waals surface area contributed by atoms with Gasteiger partial charge in [0.15, 0.2) is 0 Å². The van der Waals surface area contributed by atoms with Gasteiger partial charge in [0, 0.05) is 43.6 Å². The van der Waals surface area contributed by atoms with Gasteiger partial charge in [-0.1, -0.05) is 18.8 Å². The van der Waals surface area contributed by atoms with Crippen molar-refractivity contribution < 1.29 is 19.4 Å². The van der Waals surface area contributed by atoms with Crippen LogP contribution < -0.4 is 4.74 Å². The van der Waals surface area contributed by atoms with Gasteiger partial charge in [-0.15, -0.1) is 0 Å². The average Bonchev–Trinajstić information content (AvgIpc) is 3.70. The van der Waals surface area contributed by atoms with Crippen molar-refractivity contribution in [2.75, 3.05) is 26.7 Å². The third kappa shape index (κ3) is 5.42. The topological polar surface area (TPSA) is 83.0 Å². The van der Waals surface area contributed by atoms with Gasteiger partial charge in [0.25, 0.3) is 5.91 Å². The number of hydrogen-bond donors (Lipinski definition) is 1. The van der Waals surface area contributed by atoms with Gasteiger partial charge in [0.1, 0.15) is 11.7 Å². The van der Waals surface area contributed by atoms with Crippen molar-refractivity contribution in [3.8, 4) is 17.7 Å². The van der Waals surface area contributed by atoms with E-state index in [4.69, 9.17) is 4.74 Å². The maximum Gasteiger partial charge on any atom is 0.259 e. The maximum atomic E-state index is 13.4. The fraction of sp³-hybridized carbons (Fsp3) is 0.640. The first-order chi connectivity index (χ1) is 15.4. The molecule has 2 aliphatic carbocycles. The molecule has 0 radical (unpaired) electrons. The summed E-state index contributed by atoms with van der Waals surface area (Å²) in [7, 11) is 1.81. The van der Waals surface area contributed by atoms with Crippen LogP contribution in [-0.4, -0.2) is 70.6 Å². The summed E-state index contributed by atoms with van der Waals surface area (Å²) >= 11 is 0. The molecule has 3 atom stereocenters. The maximum absolute atomic E-state index is 13.4. The van der Waals surface area contributed by atoms with E-state index in [0.29, 0.717) is 42.5 Å². The minimum atomic E-state index is -0.341. The summed E-state index contributed by atoms with van der Waals surface area (Å²) in [6.45, 7) is 4.56. The number of rotatable bonds is 6. The summed E-state index contributed by atoms with van der Waals surface area (Å²) in [5.41, 5.74) is 1.04. The van der Waals surface area contributed by atoms with E-state index in [2.05, 4.69) is 16.8 Å². The highest BCUT2D eigenvalue weighted by Gasteiger charge is 2.35. The zero-order chi connectivity index (χ0) is 22.8. The second-order valence-corrected chi connectivity index (χ2v) is 9.66. The smallest absolute Gasteiger partial charge is 0.259 e. The Morgan fingerprint density at radius 3 is 2.78 bits per heavy atom. The highest BCUT2D eigenvalue weighted by molar-refractivity contribution is 5.97. The Bertz CT molecular complexity index is 929. The molecule has 0 spiro atoms. The zero-order valence-corrected chi connectivity index (χ0v) is 19.2. The van der Waals surface area contributed by atoms with Crippen LogP contribution in [0.1, 0.15) is 61.9 Å². The largest absolute Gasteiger partial charge is 0.472 e. The van der Waals surface area contributed by atoms with Crippen molar-refractivity contribution in [3.05, 3.63) is 23.4 Å². The lowest BCUT2D eigenvalue weighted by molar-refractivity contribution is -0.131. The number of aliphatic hydroxyl groups is 1. The molecule has 0 bridgehead atoms. The van der Waals surface area contributed by atoms with E-state index in [1.54, 1.807) is 22.1 Å². The van der Waals surface area contributed by atoms with E-state index in [-0.39, 0.29) is 42.4 Å². The fourth-order valence-electron chi connectivity index (χ4n) is 3.90. The van der Waals surface area contributed by atoms with Crippen molar-refractivity contribution in [2.45, 2.75) is 58.1 Å². The lowest BCUT2D eigenvalue weighted by atomic mass is 9.99. The summed E-state index contributed by atoms with van der Waals surface area (Å²) < 4.78 is 6.25. The van der Waals surface area contributed by atoms with Crippen molar-refractivity contribution in [2.24, 2.45) is 17.8 Å². The molecule has 2 amide bonds. The first-order valence-corrected chi connectivity index (χ1v) is 11.7. The number of aromatic nitrogens is 1. The van der Waals surface area contributed by atoms with E-state index in [1.807, 2.05) is 20.9 Å². The van der Waals surface area contributed by atoms with Gasteiger partial charge in [0.05, 0.1) is 19.2 Å². The third-order valence-electron chi connectivity index (χ3n) is 6.56. The van der Waals surface area contributed by atoms with E-state index >= 15 is 0 Å². The second-order valence-electron chi connectivity index (χ2n) is 9.66. The number of carbonyl (C=O) groups is 2. The molecular formula is C25H33N3O4. The van der Waals surface area contributed by atoms with Gasteiger partial charge in [-0.3, -0.25) is 9.59 Å². The minimum Gasteiger partial charge on any atom is -0.472 e. The molecule has 1 aliphatic heterocycles. The van der Waals surface area contributed by atoms with Crippen molar-refractivity contribution in [1.82, 2.24) is 14.8 Å². The Kier molecular flexibility index (Phi) is 6.71. The SMILES string of the molecule is C[C@H]1CN([C@@H](C)CO)C(=O)c2cc(C#CC3CC3)cnc2O[C@H]1CN(C)C(=O)CC1CC1. The number of aliphatic hydroxyl groups excluding tert-OH is 1. The van der Waals surface area contributed by atoms with E-state index in [0.717, 1.165) is 25.7 Å². The Labute approximate surface area is 190 Å². The average molecular weight is 440 g/mol. The molecule has 4 rings (SSSR count). The van der Waals surface area contributed by atoms with Gasteiger partial charge in [-0.05, 0) is 44.6 Å². The predicted octanol–water partition coefficient (Wildman–Crippen LogP) is 2.32. The summed E-state index contributed by atoms with van der Waals surface area (Å²) in [6, 6.07) is 1.40. The molecule has 0 saturated heterocycles. The van der Waals surface area contributed by atoms with Crippen LogP contribution in [0.4, 0.5) is 0 Å². The number of carbonyl (C=O) groups excluding carboxylic acids is 2. The lowest BCUT2D eigenvalue weighted by Crippen LogP contribution is -2.50. The molecule has 2 heterocycles. The van der Waals surface area contributed by atoms with Crippen LogP contribution in [0.15, 0.2) is 12.3 Å². The normalized spacial score (nSPS) is 23.8. The van der Waals surface area contributed by atoms with E-state index in [9.17, 15) is 14.7 Å². The molecule has 1 aromatic heterocycles. The number of nitrogens with zero attached hydrogens (tertiary/aromatic N) is 3. The summed E-state index contributed by atoms with van der Waals surface area (Å²) in [4.78, 5) is 33.8. The molecule has 3 aliphatic rings. The van der Waals surface area contributed by atoms with Crippen molar-refractivity contribution in [1.29, 1.82) is 0 Å². The standard InChI is InChI=1S/C25H33N3O4/c1-16-13-28(17(2)15-29)25(31)21-10-20(9-6-18-4-5-18)12-26-24(21)32-22(16)14-27(3)23(30)11-19-7-8-19/h10,12,16-19,22,29H,4-5,7-8,11,13-15H2,1-3H3/t16-,17-,22-/m0/s1. The Morgan fingerprint density at radius 1 is 1.38 bits per heavy atom. The summed E-state index contributed by atoms with van der Waals surface area (Å²) in [6.07, 6.45) is 6.43. The number of likely N-dealkylation sites (N-methyl/N-ethyl adjacent to an activating group) is 1. The van der Waals surface area contributed by atoms with Crippen LogP contribution in [0.2, 0.25) is 0 Å². The molecule has 172 valence electrons. The van der Waals surface area contributed by atoms with Gasteiger partial charge >= 0.3 is 0 Å². The first-order valence-electron chi connectivity index (χ1n) is 11.7. The van der Waals surface area contributed by atoms with Gasteiger partial charge in [0.2, 0.25) is 11.8 Å². The molecule has 2 saturated carbocycles. The third-order valence-corrected chi connectivity index (χ3v) is 6.56. The molecule has 7 nitrogen and oxygen atoms in total. The van der Waals surface area contributed by atoms with Crippen molar-refractivity contribution >= 4 is 11.8 Å². The summed E-state index contributed by atoms with van der Waals surface area (Å²) in [5.74, 6) is 7.43. The van der Waals surface area contributed by atoms with Crippen LogP contribution >= 0.6 is 0 Å². The molecule has 2 fully saturated rings. The Balaban J connectivity index is 1.60. The lowest BCUT2D eigenvalue weighted by Gasteiger charge is -2.37. The fourth-order valence-corrected chi connectivity index (χ4v) is 3.90. The molecular weight excluding hydrogens is 406 g/mol.